The van der Waals surface area contributed by atoms with Gasteiger partial charge in [-0.05, 0) is 13.0 Å². The van der Waals surface area contributed by atoms with E-state index in [-0.39, 0.29) is 0 Å². The third-order valence-corrected chi connectivity index (χ3v) is 3.16. The lowest BCUT2D eigenvalue weighted by Crippen LogP contribution is -2.06. The van der Waals surface area contributed by atoms with Crippen LogP contribution in [-0.2, 0) is 13.1 Å². The lowest BCUT2D eigenvalue weighted by atomic mass is 10.2. The maximum atomic E-state index is 5.36. The maximum Gasteiger partial charge on any atom is 0.213 e. The number of ether oxygens (including phenoxy) is 1. The van der Waals surface area contributed by atoms with Crippen molar-refractivity contribution < 1.29 is 4.74 Å². The second-order valence-electron chi connectivity index (χ2n) is 4.56. The predicted molar refractivity (Wildman–Crippen MR) is 78.9 cm³/mol. The van der Waals surface area contributed by atoms with Crippen molar-refractivity contribution in [3.63, 3.8) is 0 Å². The molecule has 0 saturated carbocycles. The summed E-state index contributed by atoms with van der Waals surface area (Å²) in [5, 5.41) is 0. The van der Waals surface area contributed by atoms with E-state index in [0.717, 1.165) is 24.5 Å². The molecule has 0 aliphatic carbocycles. The molecular weight excluding hydrogens is 266 g/mol. The van der Waals surface area contributed by atoms with Gasteiger partial charge in [-0.1, -0.05) is 0 Å². The van der Waals surface area contributed by atoms with E-state index in [1.165, 1.54) is 0 Å². The summed E-state index contributed by atoms with van der Waals surface area (Å²) in [7, 11) is 0. The Balaban J connectivity index is 1.75. The average molecular weight is 283 g/mol. The van der Waals surface area contributed by atoms with Crippen molar-refractivity contribution in [2.24, 2.45) is 0 Å². The third kappa shape index (κ3) is 3.10. The van der Waals surface area contributed by atoms with Gasteiger partial charge < -0.3 is 13.9 Å². The lowest BCUT2D eigenvalue weighted by Gasteiger charge is -2.09. The van der Waals surface area contributed by atoms with E-state index in [9.17, 15) is 0 Å². The van der Waals surface area contributed by atoms with Crippen LogP contribution in [-0.4, -0.2) is 30.7 Å². The molecular formula is C15H17N5O. The van der Waals surface area contributed by atoms with E-state index < -0.39 is 0 Å². The van der Waals surface area contributed by atoms with E-state index >= 15 is 0 Å². The molecule has 108 valence electrons. The van der Waals surface area contributed by atoms with Crippen LogP contribution in [0, 0.1) is 0 Å². The van der Waals surface area contributed by atoms with Gasteiger partial charge in [0.05, 0.1) is 12.9 Å². The Hall–Kier alpha value is -2.63. The van der Waals surface area contributed by atoms with Gasteiger partial charge in [0.25, 0.3) is 0 Å². The fourth-order valence-corrected chi connectivity index (χ4v) is 2.14. The number of aryl methyl sites for hydroxylation is 2. The molecule has 21 heavy (non-hydrogen) atoms. The van der Waals surface area contributed by atoms with Crippen LogP contribution in [0.1, 0.15) is 6.92 Å². The largest absolute Gasteiger partial charge is 0.478 e. The number of aromatic nitrogens is 5. The number of hydrogen-bond donors (Lipinski definition) is 0. The zero-order valence-electron chi connectivity index (χ0n) is 11.9. The Morgan fingerprint density at radius 3 is 2.76 bits per heavy atom. The molecule has 0 radical (unpaired) electrons. The molecule has 0 spiro atoms. The summed E-state index contributed by atoms with van der Waals surface area (Å²) < 4.78 is 9.51. The normalized spacial score (nSPS) is 10.7. The number of imidazole rings is 2. The predicted octanol–water partition coefficient (Wildman–Crippen LogP) is 2.24. The van der Waals surface area contributed by atoms with Crippen LogP contribution in [0.15, 0.2) is 49.4 Å². The highest BCUT2D eigenvalue weighted by Gasteiger charge is 2.07. The number of pyridine rings is 1. The topological polar surface area (TPSA) is 57.8 Å². The van der Waals surface area contributed by atoms with Crippen molar-refractivity contribution in [2.45, 2.75) is 20.0 Å². The molecule has 0 aliphatic heterocycles. The Bertz CT molecular complexity index is 672. The molecule has 3 aromatic heterocycles. The molecule has 0 atom stereocenters. The second-order valence-corrected chi connectivity index (χ2v) is 4.56. The zero-order valence-corrected chi connectivity index (χ0v) is 11.9. The van der Waals surface area contributed by atoms with E-state index in [1.54, 1.807) is 18.6 Å². The summed E-state index contributed by atoms with van der Waals surface area (Å²) in [6, 6.07) is 3.85. The van der Waals surface area contributed by atoms with Crippen LogP contribution < -0.4 is 4.74 Å². The van der Waals surface area contributed by atoms with Crippen LogP contribution in [0.5, 0.6) is 5.88 Å². The van der Waals surface area contributed by atoms with Gasteiger partial charge in [0.15, 0.2) is 0 Å². The van der Waals surface area contributed by atoms with Crippen LogP contribution in [0.3, 0.4) is 0 Å². The van der Waals surface area contributed by atoms with Crippen molar-refractivity contribution in [1.29, 1.82) is 0 Å². The van der Waals surface area contributed by atoms with Crippen molar-refractivity contribution in [3.8, 4) is 17.3 Å². The average Bonchev–Trinajstić information content (AvgIpc) is 3.18. The van der Waals surface area contributed by atoms with Gasteiger partial charge in [-0.2, -0.15) is 0 Å². The molecule has 0 bridgehead atoms. The first-order valence-corrected chi connectivity index (χ1v) is 6.93. The molecule has 0 unspecified atom stereocenters. The third-order valence-electron chi connectivity index (χ3n) is 3.16. The molecule has 6 nitrogen and oxygen atoms in total. The van der Waals surface area contributed by atoms with Crippen molar-refractivity contribution in [3.05, 3.63) is 49.4 Å². The van der Waals surface area contributed by atoms with Crippen LogP contribution in [0.4, 0.5) is 0 Å². The highest BCUT2D eigenvalue weighted by molar-refractivity contribution is 5.54. The fourth-order valence-electron chi connectivity index (χ4n) is 2.14. The van der Waals surface area contributed by atoms with E-state index in [4.69, 9.17) is 4.74 Å². The SMILES string of the molecule is CCOc1ccc(-c2nccn2CCn2ccnc2)cn1. The summed E-state index contributed by atoms with van der Waals surface area (Å²) >= 11 is 0. The molecule has 3 rings (SSSR count). The maximum absolute atomic E-state index is 5.36. The molecule has 3 aromatic rings. The van der Waals surface area contributed by atoms with E-state index in [0.29, 0.717) is 12.5 Å². The molecule has 0 fully saturated rings. The molecule has 0 amide bonds. The highest BCUT2D eigenvalue weighted by Crippen LogP contribution is 2.18. The van der Waals surface area contributed by atoms with Gasteiger partial charge >= 0.3 is 0 Å². The number of rotatable bonds is 6. The smallest absolute Gasteiger partial charge is 0.213 e. The minimum absolute atomic E-state index is 0.617. The first-order chi connectivity index (χ1) is 10.4. The molecule has 0 aromatic carbocycles. The summed E-state index contributed by atoms with van der Waals surface area (Å²) in [6.07, 6.45) is 11.1. The Morgan fingerprint density at radius 2 is 2.05 bits per heavy atom. The van der Waals surface area contributed by atoms with Crippen LogP contribution >= 0.6 is 0 Å². The molecule has 0 saturated heterocycles. The van der Waals surface area contributed by atoms with Gasteiger partial charge in [-0.3, -0.25) is 0 Å². The van der Waals surface area contributed by atoms with Gasteiger partial charge in [0.1, 0.15) is 5.82 Å². The van der Waals surface area contributed by atoms with E-state index in [2.05, 4.69) is 19.5 Å². The van der Waals surface area contributed by atoms with Gasteiger partial charge in [0, 0.05) is 55.7 Å². The van der Waals surface area contributed by atoms with Crippen molar-refractivity contribution >= 4 is 0 Å². The van der Waals surface area contributed by atoms with Gasteiger partial charge in [-0.15, -0.1) is 0 Å². The van der Waals surface area contributed by atoms with Crippen LogP contribution in [0.25, 0.3) is 11.4 Å². The Kier molecular flexibility index (Phi) is 3.95. The summed E-state index contributed by atoms with van der Waals surface area (Å²) in [5.41, 5.74) is 0.981. The van der Waals surface area contributed by atoms with Gasteiger partial charge in [-0.25, -0.2) is 15.0 Å². The summed E-state index contributed by atoms with van der Waals surface area (Å²) in [6.45, 7) is 4.25. The Morgan fingerprint density at radius 1 is 1.10 bits per heavy atom. The first kappa shape index (κ1) is 13.4. The monoisotopic (exact) mass is 283 g/mol. The number of nitrogens with zero attached hydrogens (tertiary/aromatic N) is 5. The zero-order chi connectivity index (χ0) is 14.5. The number of hydrogen-bond acceptors (Lipinski definition) is 4. The lowest BCUT2D eigenvalue weighted by molar-refractivity contribution is 0.327. The second kappa shape index (κ2) is 6.21. The van der Waals surface area contributed by atoms with E-state index in [1.807, 2.05) is 42.3 Å². The Labute approximate surface area is 123 Å². The standard InChI is InChI=1S/C15H17N5O/c1-2-21-14-4-3-13(11-18-14)15-17-6-8-20(15)10-9-19-7-5-16-12-19/h3-8,11-12H,2,9-10H2,1H3. The van der Waals surface area contributed by atoms with Gasteiger partial charge in [0.2, 0.25) is 5.88 Å². The molecule has 0 aliphatic rings. The fraction of sp³-hybridized carbons (Fsp3) is 0.267. The molecule has 3 heterocycles. The van der Waals surface area contributed by atoms with Crippen molar-refractivity contribution in [2.75, 3.05) is 6.61 Å². The summed E-state index contributed by atoms with van der Waals surface area (Å²) in [5.74, 6) is 1.54. The minimum Gasteiger partial charge on any atom is -0.478 e. The van der Waals surface area contributed by atoms with Crippen molar-refractivity contribution in [1.82, 2.24) is 24.1 Å². The van der Waals surface area contributed by atoms with Crippen LogP contribution in [0.2, 0.25) is 0 Å². The summed E-state index contributed by atoms with van der Waals surface area (Å²) in [4.78, 5) is 12.7. The molecule has 6 heteroatoms. The highest BCUT2D eigenvalue weighted by atomic mass is 16.5. The quantitative estimate of drug-likeness (QED) is 0.696. The first-order valence-electron chi connectivity index (χ1n) is 6.93. The minimum atomic E-state index is 0.617. The molecule has 0 N–H and O–H groups in total.